The fraction of sp³-hybridized carbons (Fsp3) is 0.348. The minimum absolute atomic E-state index is 0.0193. The van der Waals surface area contributed by atoms with Crippen LogP contribution in [0.4, 0.5) is 5.69 Å². The van der Waals surface area contributed by atoms with Crippen LogP contribution >= 0.6 is 15.9 Å². The molecule has 1 heterocycles. The highest BCUT2D eigenvalue weighted by molar-refractivity contribution is 9.10. The van der Waals surface area contributed by atoms with Crippen LogP contribution in [0.3, 0.4) is 0 Å². The van der Waals surface area contributed by atoms with E-state index in [0.29, 0.717) is 18.0 Å². The summed E-state index contributed by atoms with van der Waals surface area (Å²) < 4.78 is 8.20. The minimum Gasteiger partial charge on any atom is -0.493 e. The van der Waals surface area contributed by atoms with Gasteiger partial charge in [-0.15, -0.1) is 10.2 Å². The zero-order chi connectivity index (χ0) is 21.7. The van der Waals surface area contributed by atoms with Crippen molar-refractivity contribution >= 4 is 38.4 Å². The maximum atomic E-state index is 12.2. The molecule has 0 fully saturated rings. The maximum Gasteiger partial charge on any atom is 0.302 e. The molecule has 1 aromatic heterocycles. The highest BCUT2D eigenvalue weighted by atomic mass is 79.9. The summed E-state index contributed by atoms with van der Waals surface area (Å²) >= 11 is 3.46. The zero-order valence-corrected chi connectivity index (χ0v) is 19.1. The number of aromatic nitrogens is 1. The lowest BCUT2D eigenvalue weighted by molar-refractivity contribution is -0.120. The van der Waals surface area contributed by atoms with Gasteiger partial charge >= 0.3 is 5.91 Å². The number of aromatic hydroxyl groups is 1. The number of hydrogen-bond acceptors (Lipinski definition) is 4. The zero-order valence-electron chi connectivity index (χ0n) is 17.5. The van der Waals surface area contributed by atoms with Crippen molar-refractivity contribution in [2.75, 3.05) is 6.61 Å². The number of nitrogens with zero attached hydrogens (tertiary/aromatic N) is 3. The van der Waals surface area contributed by atoms with Crippen molar-refractivity contribution in [2.45, 2.75) is 46.6 Å². The van der Waals surface area contributed by atoms with Crippen molar-refractivity contribution in [3.05, 3.63) is 52.0 Å². The largest absolute Gasteiger partial charge is 0.493 e. The van der Waals surface area contributed by atoms with E-state index in [1.165, 1.54) is 0 Å². The summed E-state index contributed by atoms with van der Waals surface area (Å²) in [6.45, 7) is 6.60. The van der Waals surface area contributed by atoms with Gasteiger partial charge in [0.1, 0.15) is 5.75 Å². The lowest BCUT2D eigenvalue weighted by Crippen LogP contribution is -2.08. The number of halogens is 1. The molecule has 0 spiro atoms. The molecule has 0 radical (unpaired) electrons. The van der Waals surface area contributed by atoms with Gasteiger partial charge in [0.05, 0.1) is 5.52 Å². The first-order chi connectivity index (χ1) is 14.4. The molecule has 6 nitrogen and oxygen atoms in total. The first kappa shape index (κ1) is 22.0. The summed E-state index contributed by atoms with van der Waals surface area (Å²) in [5.41, 5.74) is 3.40. The monoisotopic (exact) mass is 471 g/mol. The van der Waals surface area contributed by atoms with Crippen LogP contribution in [0.5, 0.6) is 11.6 Å². The SMILES string of the molecule is CCCCCn1c(O)c(N=NC(=O)COc2ccc(C)c(C)c2)c2cc(Br)ccc21. The van der Waals surface area contributed by atoms with Crippen molar-refractivity contribution in [1.29, 1.82) is 0 Å². The summed E-state index contributed by atoms with van der Waals surface area (Å²) in [4.78, 5) is 12.2. The fourth-order valence-corrected chi connectivity index (χ4v) is 3.59. The Morgan fingerprint density at radius 2 is 1.93 bits per heavy atom. The molecule has 0 aliphatic rings. The average molecular weight is 472 g/mol. The van der Waals surface area contributed by atoms with E-state index in [2.05, 4.69) is 33.1 Å². The number of ether oxygens (including phenoxy) is 1. The number of fused-ring (bicyclic) bond motifs is 1. The van der Waals surface area contributed by atoms with Crippen LogP contribution in [0.15, 0.2) is 51.1 Å². The molecular weight excluding hydrogens is 446 g/mol. The van der Waals surface area contributed by atoms with E-state index in [-0.39, 0.29) is 12.5 Å². The van der Waals surface area contributed by atoms with Crippen LogP contribution in [-0.4, -0.2) is 22.2 Å². The van der Waals surface area contributed by atoms with Crippen LogP contribution in [0.1, 0.15) is 37.3 Å². The predicted molar refractivity (Wildman–Crippen MR) is 122 cm³/mol. The molecule has 0 atom stereocenters. The van der Waals surface area contributed by atoms with E-state index in [4.69, 9.17) is 4.74 Å². The lowest BCUT2D eigenvalue weighted by atomic mass is 10.1. The van der Waals surface area contributed by atoms with Gasteiger partial charge in [-0.1, -0.05) is 41.8 Å². The van der Waals surface area contributed by atoms with E-state index in [1.54, 1.807) is 0 Å². The van der Waals surface area contributed by atoms with E-state index in [9.17, 15) is 9.90 Å². The average Bonchev–Trinajstić information content (AvgIpc) is 2.98. The Morgan fingerprint density at radius 3 is 2.67 bits per heavy atom. The third-order valence-corrected chi connectivity index (χ3v) is 5.55. The first-order valence-electron chi connectivity index (χ1n) is 10.1. The summed E-state index contributed by atoms with van der Waals surface area (Å²) in [6, 6.07) is 11.4. The van der Waals surface area contributed by atoms with Crippen LogP contribution in [0, 0.1) is 13.8 Å². The van der Waals surface area contributed by atoms with E-state index >= 15 is 0 Å². The van der Waals surface area contributed by atoms with Crippen molar-refractivity contribution in [1.82, 2.24) is 4.57 Å². The number of rotatable bonds is 8. The molecule has 1 amide bonds. The number of benzene rings is 2. The minimum atomic E-state index is -0.519. The highest BCUT2D eigenvalue weighted by Crippen LogP contribution is 2.40. The number of aryl methyl sites for hydroxylation is 3. The highest BCUT2D eigenvalue weighted by Gasteiger charge is 2.17. The molecule has 0 aliphatic carbocycles. The molecule has 3 rings (SSSR count). The third-order valence-electron chi connectivity index (χ3n) is 5.06. The Labute approximate surface area is 184 Å². The van der Waals surface area contributed by atoms with Crippen molar-refractivity contribution in [2.24, 2.45) is 10.2 Å². The van der Waals surface area contributed by atoms with Crippen molar-refractivity contribution < 1.29 is 14.6 Å². The normalized spacial score (nSPS) is 11.5. The van der Waals surface area contributed by atoms with Gasteiger partial charge in [0.15, 0.2) is 12.3 Å². The molecule has 3 aromatic rings. The number of unbranched alkanes of at least 4 members (excludes halogenated alkanes) is 2. The maximum absolute atomic E-state index is 12.2. The number of azo groups is 1. The van der Waals surface area contributed by atoms with Gasteiger partial charge in [-0.05, 0) is 61.7 Å². The second-order valence-corrected chi connectivity index (χ2v) is 8.24. The summed E-state index contributed by atoms with van der Waals surface area (Å²) in [6.07, 6.45) is 3.11. The topological polar surface area (TPSA) is 76.2 Å². The molecule has 1 N–H and O–H groups in total. The number of carbonyl (C=O) groups excluding carboxylic acids is 1. The van der Waals surface area contributed by atoms with Gasteiger partial charge < -0.3 is 14.4 Å². The van der Waals surface area contributed by atoms with Crippen LogP contribution in [0.25, 0.3) is 10.9 Å². The van der Waals surface area contributed by atoms with Gasteiger partial charge in [-0.2, -0.15) is 0 Å². The quantitative estimate of drug-likeness (QED) is 0.296. The fourth-order valence-electron chi connectivity index (χ4n) is 3.22. The third kappa shape index (κ3) is 5.08. The van der Waals surface area contributed by atoms with Gasteiger partial charge in [-0.25, -0.2) is 0 Å². The van der Waals surface area contributed by atoms with Crippen molar-refractivity contribution in [3.8, 4) is 11.6 Å². The number of hydrogen-bond donors (Lipinski definition) is 1. The molecule has 0 unspecified atom stereocenters. The molecule has 158 valence electrons. The number of amides is 1. The van der Waals surface area contributed by atoms with Gasteiger partial charge in [0.2, 0.25) is 5.88 Å². The van der Waals surface area contributed by atoms with Crippen LogP contribution < -0.4 is 4.74 Å². The van der Waals surface area contributed by atoms with E-state index in [1.807, 2.05) is 54.8 Å². The molecule has 7 heteroatoms. The molecule has 0 saturated carbocycles. The van der Waals surface area contributed by atoms with Gasteiger partial charge in [0, 0.05) is 16.4 Å². The molecule has 2 aromatic carbocycles. The lowest BCUT2D eigenvalue weighted by Gasteiger charge is -2.06. The van der Waals surface area contributed by atoms with Crippen molar-refractivity contribution in [3.63, 3.8) is 0 Å². The molecular formula is C23H26BrN3O3. The Hall–Kier alpha value is -2.67. The molecule has 0 aliphatic heterocycles. The van der Waals surface area contributed by atoms with Crippen LogP contribution in [-0.2, 0) is 11.3 Å². The molecule has 30 heavy (non-hydrogen) atoms. The van der Waals surface area contributed by atoms with E-state index in [0.717, 1.165) is 45.8 Å². The molecule has 0 saturated heterocycles. The predicted octanol–water partition coefficient (Wildman–Crippen LogP) is 6.61. The number of carbonyl (C=O) groups is 1. The summed E-state index contributed by atoms with van der Waals surface area (Å²) in [7, 11) is 0. The second kappa shape index (κ2) is 9.89. The standard InChI is InChI=1S/C23H26BrN3O3/c1-4-5-6-11-27-20-10-8-17(24)13-19(20)22(23(27)29)26-25-21(28)14-30-18-9-7-15(2)16(3)12-18/h7-10,12-13,29H,4-6,11,14H2,1-3H3. The van der Waals surface area contributed by atoms with Crippen LogP contribution in [0.2, 0.25) is 0 Å². The smallest absolute Gasteiger partial charge is 0.302 e. The Morgan fingerprint density at radius 1 is 1.13 bits per heavy atom. The van der Waals surface area contributed by atoms with E-state index < -0.39 is 5.91 Å². The van der Waals surface area contributed by atoms with Gasteiger partial charge in [-0.3, -0.25) is 4.79 Å². The summed E-state index contributed by atoms with van der Waals surface area (Å²) in [5.74, 6) is 0.112. The summed E-state index contributed by atoms with van der Waals surface area (Å²) in [5, 5.41) is 19.3. The molecule has 0 bridgehead atoms. The Kier molecular flexibility index (Phi) is 7.26. The van der Waals surface area contributed by atoms with Gasteiger partial charge in [0.25, 0.3) is 0 Å². The Balaban J connectivity index is 1.78. The second-order valence-electron chi connectivity index (χ2n) is 7.32. The first-order valence-corrected chi connectivity index (χ1v) is 10.8. The Bertz CT molecular complexity index is 1090.